The van der Waals surface area contributed by atoms with Gasteiger partial charge in [0.15, 0.2) is 0 Å². The number of nitrogen functional groups attached to an aromatic ring is 1. The molecule has 1 aromatic heterocycles. The van der Waals surface area contributed by atoms with Gasteiger partial charge in [0.25, 0.3) is 11.6 Å². The Kier molecular flexibility index (Phi) is 4.25. The molecule has 21 heavy (non-hydrogen) atoms. The Balaban J connectivity index is 2.34. The second kappa shape index (κ2) is 5.94. The standard InChI is InChI=1S/C12H8Cl2N4O3/c13-6-1-2-10(16-5-6)17-12(19)8-3-7(18(20)21)4-9(14)11(8)15/h1-5H,15H2,(H,16,17,19). The molecule has 0 fully saturated rings. The van der Waals surface area contributed by atoms with Crippen LogP contribution in [0.4, 0.5) is 17.2 Å². The Morgan fingerprint density at radius 2 is 2.05 bits per heavy atom. The highest BCUT2D eigenvalue weighted by atomic mass is 35.5. The fourth-order valence-electron chi connectivity index (χ4n) is 1.53. The predicted molar refractivity (Wildman–Crippen MR) is 79.7 cm³/mol. The van der Waals surface area contributed by atoms with Crippen molar-refractivity contribution in [1.82, 2.24) is 4.98 Å². The van der Waals surface area contributed by atoms with Crippen LogP contribution in [0.5, 0.6) is 0 Å². The van der Waals surface area contributed by atoms with Gasteiger partial charge in [0, 0.05) is 18.3 Å². The molecule has 0 atom stereocenters. The van der Waals surface area contributed by atoms with Gasteiger partial charge in [-0.05, 0) is 12.1 Å². The maximum atomic E-state index is 12.1. The number of nitro benzene ring substituents is 1. The van der Waals surface area contributed by atoms with Crippen LogP contribution in [0, 0.1) is 10.1 Å². The van der Waals surface area contributed by atoms with Gasteiger partial charge in [-0.15, -0.1) is 0 Å². The summed E-state index contributed by atoms with van der Waals surface area (Å²) in [6.07, 6.45) is 1.35. The second-order valence-corrected chi connectivity index (χ2v) is 4.81. The molecule has 108 valence electrons. The minimum Gasteiger partial charge on any atom is -0.397 e. The quantitative estimate of drug-likeness (QED) is 0.511. The van der Waals surface area contributed by atoms with E-state index in [1.54, 1.807) is 0 Å². The minimum atomic E-state index is -0.664. The number of carbonyl (C=O) groups is 1. The maximum Gasteiger partial charge on any atom is 0.271 e. The summed E-state index contributed by atoms with van der Waals surface area (Å²) < 4.78 is 0. The van der Waals surface area contributed by atoms with Crippen LogP contribution in [0.25, 0.3) is 0 Å². The van der Waals surface area contributed by atoms with Crippen molar-refractivity contribution in [1.29, 1.82) is 0 Å². The van der Waals surface area contributed by atoms with Crippen molar-refractivity contribution in [2.24, 2.45) is 0 Å². The van der Waals surface area contributed by atoms with Crippen LogP contribution >= 0.6 is 23.2 Å². The third-order valence-electron chi connectivity index (χ3n) is 2.54. The fourth-order valence-corrected chi connectivity index (χ4v) is 1.86. The van der Waals surface area contributed by atoms with Crippen LogP contribution in [0.1, 0.15) is 10.4 Å². The topological polar surface area (TPSA) is 111 Å². The van der Waals surface area contributed by atoms with E-state index in [2.05, 4.69) is 10.3 Å². The summed E-state index contributed by atoms with van der Waals surface area (Å²) in [7, 11) is 0. The number of nitrogens with two attached hydrogens (primary N) is 1. The van der Waals surface area contributed by atoms with E-state index in [1.165, 1.54) is 18.3 Å². The molecule has 7 nitrogen and oxygen atoms in total. The first-order chi connectivity index (χ1) is 9.88. The molecule has 0 spiro atoms. The fraction of sp³-hybridized carbons (Fsp3) is 0. The zero-order valence-electron chi connectivity index (χ0n) is 10.3. The number of nitrogens with zero attached hydrogens (tertiary/aromatic N) is 2. The van der Waals surface area contributed by atoms with Crippen LogP contribution in [-0.2, 0) is 0 Å². The van der Waals surface area contributed by atoms with Crippen LogP contribution in [0.3, 0.4) is 0 Å². The number of anilines is 2. The Bertz CT molecular complexity index is 719. The highest BCUT2D eigenvalue weighted by molar-refractivity contribution is 6.34. The van der Waals surface area contributed by atoms with Gasteiger partial charge in [-0.3, -0.25) is 14.9 Å². The SMILES string of the molecule is Nc1c(Cl)cc([N+](=O)[O-])cc1C(=O)Nc1ccc(Cl)cn1. The molecule has 2 aromatic rings. The second-order valence-electron chi connectivity index (χ2n) is 3.96. The van der Waals surface area contributed by atoms with Crippen LogP contribution in [0.15, 0.2) is 30.5 Å². The molecule has 0 aliphatic heterocycles. The van der Waals surface area contributed by atoms with Gasteiger partial charge in [0.05, 0.1) is 26.2 Å². The van der Waals surface area contributed by atoms with E-state index in [1.807, 2.05) is 0 Å². The molecular weight excluding hydrogens is 319 g/mol. The molecule has 1 aromatic carbocycles. The van der Waals surface area contributed by atoms with Gasteiger partial charge in [-0.1, -0.05) is 23.2 Å². The number of benzene rings is 1. The molecule has 0 unspecified atom stereocenters. The lowest BCUT2D eigenvalue weighted by Gasteiger charge is -2.08. The highest BCUT2D eigenvalue weighted by Gasteiger charge is 2.19. The van der Waals surface area contributed by atoms with E-state index in [0.717, 1.165) is 12.1 Å². The first-order valence-corrected chi connectivity index (χ1v) is 6.30. The number of hydrogen-bond donors (Lipinski definition) is 2. The smallest absolute Gasteiger partial charge is 0.271 e. The van der Waals surface area contributed by atoms with Crippen LogP contribution in [-0.4, -0.2) is 15.8 Å². The summed E-state index contributed by atoms with van der Waals surface area (Å²) in [6, 6.07) is 5.14. The number of rotatable bonds is 3. The summed E-state index contributed by atoms with van der Waals surface area (Å²) in [5, 5.41) is 13.6. The molecule has 1 heterocycles. The van der Waals surface area contributed by atoms with Gasteiger partial charge in [-0.2, -0.15) is 0 Å². The highest BCUT2D eigenvalue weighted by Crippen LogP contribution is 2.29. The molecular formula is C12H8Cl2N4O3. The Morgan fingerprint density at radius 1 is 1.33 bits per heavy atom. The van der Waals surface area contributed by atoms with E-state index in [0.29, 0.717) is 5.02 Å². The predicted octanol–water partition coefficient (Wildman–Crippen LogP) is 3.13. The largest absolute Gasteiger partial charge is 0.397 e. The average Bonchev–Trinajstić information content (AvgIpc) is 2.43. The van der Waals surface area contributed by atoms with Crippen molar-refractivity contribution in [3.63, 3.8) is 0 Å². The molecule has 2 rings (SSSR count). The number of nitrogens with one attached hydrogen (secondary N) is 1. The molecule has 0 aliphatic rings. The summed E-state index contributed by atoms with van der Waals surface area (Å²) >= 11 is 11.5. The zero-order valence-corrected chi connectivity index (χ0v) is 11.9. The summed E-state index contributed by atoms with van der Waals surface area (Å²) in [4.78, 5) is 26.1. The van der Waals surface area contributed by atoms with Crippen molar-refractivity contribution in [3.05, 3.63) is 56.2 Å². The maximum absolute atomic E-state index is 12.1. The lowest BCUT2D eigenvalue weighted by Crippen LogP contribution is -2.15. The number of halogens is 2. The molecule has 3 N–H and O–H groups in total. The monoisotopic (exact) mass is 326 g/mol. The summed E-state index contributed by atoms with van der Waals surface area (Å²) in [5.74, 6) is -0.431. The zero-order chi connectivity index (χ0) is 15.6. The number of aromatic nitrogens is 1. The van der Waals surface area contributed by atoms with Gasteiger partial charge < -0.3 is 11.1 Å². The third-order valence-corrected chi connectivity index (χ3v) is 3.08. The number of amides is 1. The van der Waals surface area contributed by atoms with Crippen LogP contribution in [0.2, 0.25) is 10.0 Å². The van der Waals surface area contributed by atoms with Gasteiger partial charge in [0.1, 0.15) is 5.82 Å². The number of carbonyl (C=O) groups excluding carboxylic acids is 1. The van der Waals surface area contributed by atoms with E-state index >= 15 is 0 Å². The van der Waals surface area contributed by atoms with E-state index < -0.39 is 10.8 Å². The molecule has 0 radical (unpaired) electrons. The Morgan fingerprint density at radius 3 is 2.62 bits per heavy atom. The first kappa shape index (κ1) is 15.0. The molecule has 0 aliphatic carbocycles. The number of non-ortho nitro benzene ring substituents is 1. The van der Waals surface area contributed by atoms with Crippen molar-refractivity contribution in [2.45, 2.75) is 0 Å². The number of hydrogen-bond acceptors (Lipinski definition) is 5. The number of nitro groups is 1. The van der Waals surface area contributed by atoms with Gasteiger partial charge in [0.2, 0.25) is 0 Å². The van der Waals surface area contributed by atoms with E-state index in [4.69, 9.17) is 28.9 Å². The normalized spacial score (nSPS) is 10.2. The van der Waals surface area contributed by atoms with Crippen LogP contribution < -0.4 is 11.1 Å². The Labute approximate surface area is 128 Å². The molecule has 0 saturated carbocycles. The third kappa shape index (κ3) is 3.39. The van der Waals surface area contributed by atoms with Crippen molar-refractivity contribution in [3.8, 4) is 0 Å². The van der Waals surface area contributed by atoms with Gasteiger partial charge >= 0.3 is 0 Å². The Hall–Kier alpha value is -2.38. The summed E-state index contributed by atoms with van der Waals surface area (Å²) in [5.41, 5.74) is 5.19. The molecule has 1 amide bonds. The van der Waals surface area contributed by atoms with Crippen molar-refractivity contribution < 1.29 is 9.72 Å². The van der Waals surface area contributed by atoms with E-state index in [9.17, 15) is 14.9 Å². The average molecular weight is 327 g/mol. The molecule has 0 bridgehead atoms. The lowest BCUT2D eigenvalue weighted by molar-refractivity contribution is -0.384. The van der Waals surface area contributed by atoms with E-state index in [-0.39, 0.29) is 27.8 Å². The lowest BCUT2D eigenvalue weighted by atomic mass is 10.1. The number of pyridine rings is 1. The first-order valence-electron chi connectivity index (χ1n) is 5.55. The van der Waals surface area contributed by atoms with Crippen molar-refractivity contribution in [2.75, 3.05) is 11.1 Å². The molecule has 0 saturated heterocycles. The molecule has 9 heteroatoms. The van der Waals surface area contributed by atoms with Gasteiger partial charge in [-0.25, -0.2) is 4.98 Å². The minimum absolute atomic E-state index is 0.0475. The van der Waals surface area contributed by atoms with Crippen molar-refractivity contribution >= 4 is 46.3 Å². The summed E-state index contributed by atoms with van der Waals surface area (Å²) in [6.45, 7) is 0.